The summed E-state index contributed by atoms with van der Waals surface area (Å²) in [5.74, 6) is -0.150. The van der Waals surface area contributed by atoms with Crippen LogP contribution in [0, 0.1) is 12.7 Å². The Morgan fingerprint density at radius 2 is 2.17 bits per heavy atom. The zero-order valence-electron chi connectivity index (χ0n) is 10.6. The molecule has 1 aromatic carbocycles. The van der Waals surface area contributed by atoms with Crippen molar-refractivity contribution in [2.45, 2.75) is 26.3 Å². The quantitative estimate of drug-likeness (QED) is 0.894. The van der Waals surface area contributed by atoms with Gasteiger partial charge in [-0.3, -0.25) is 0 Å². The normalized spacial score (nSPS) is 12.6. The van der Waals surface area contributed by atoms with Crippen molar-refractivity contribution in [3.63, 3.8) is 0 Å². The molecule has 0 bridgehead atoms. The van der Waals surface area contributed by atoms with Gasteiger partial charge in [0.15, 0.2) is 0 Å². The zero-order valence-corrected chi connectivity index (χ0v) is 11.4. The van der Waals surface area contributed by atoms with Crippen LogP contribution in [0.3, 0.4) is 0 Å². The molecule has 1 atom stereocenters. The largest absolute Gasteiger partial charge is 0.310 e. The number of aromatic nitrogens is 1. The van der Waals surface area contributed by atoms with Crippen molar-refractivity contribution in [3.05, 3.63) is 51.7 Å². The summed E-state index contributed by atoms with van der Waals surface area (Å²) in [6.45, 7) is 4.78. The van der Waals surface area contributed by atoms with Crippen LogP contribution in [0.2, 0.25) is 0 Å². The maximum atomic E-state index is 13.5. The summed E-state index contributed by atoms with van der Waals surface area (Å²) in [7, 11) is 0. The average Bonchev–Trinajstić information content (AvgIpc) is 2.75. The van der Waals surface area contributed by atoms with Crippen molar-refractivity contribution in [2.75, 3.05) is 6.54 Å². The van der Waals surface area contributed by atoms with Gasteiger partial charge in [-0.1, -0.05) is 18.2 Å². The van der Waals surface area contributed by atoms with Crippen LogP contribution in [-0.2, 0) is 6.42 Å². The lowest BCUT2D eigenvalue weighted by Gasteiger charge is -2.14. The molecule has 4 heteroatoms. The number of hydrogen-bond acceptors (Lipinski definition) is 3. The van der Waals surface area contributed by atoms with E-state index in [2.05, 4.69) is 15.7 Å². The van der Waals surface area contributed by atoms with Crippen molar-refractivity contribution in [1.29, 1.82) is 0 Å². The van der Waals surface area contributed by atoms with E-state index in [1.165, 1.54) is 6.07 Å². The summed E-state index contributed by atoms with van der Waals surface area (Å²) in [5.41, 5.74) is 1.78. The Labute approximate surface area is 111 Å². The van der Waals surface area contributed by atoms with Crippen LogP contribution in [0.1, 0.15) is 29.2 Å². The fraction of sp³-hybridized carbons (Fsp3) is 0.357. The number of rotatable bonds is 5. The second-order valence-corrected chi connectivity index (χ2v) is 5.27. The fourth-order valence-corrected chi connectivity index (χ4v) is 2.63. The van der Waals surface area contributed by atoms with E-state index in [4.69, 9.17) is 0 Å². The lowest BCUT2D eigenvalue weighted by Crippen LogP contribution is -2.22. The van der Waals surface area contributed by atoms with Gasteiger partial charge in [0.1, 0.15) is 5.82 Å². The molecule has 1 heterocycles. The number of nitrogens with zero attached hydrogens (tertiary/aromatic N) is 1. The molecule has 0 radical (unpaired) electrons. The summed E-state index contributed by atoms with van der Waals surface area (Å²) >= 11 is 1.67. The standard InChI is InChI=1S/C14H17FN2S/c1-10-9-18-14(17-10)7-8-16-11(2)12-5-3-4-6-13(12)15/h3-6,9,11,16H,7-8H2,1-2H3. The third-order valence-electron chi connectivity index (χ3n) is 2.83. The molecule has 2 rings (SSSR count). The van der Waals surface area contributed by atoms with E-state index in [1.54, 1.807) is 17.4 Å². The Morgan fingerprint density at radius 1 is 1.39 bits per heavy atom. The molecule has 0 fully saturated rings. The number of hydrogen-bond donors (Lipinski definition) is 1. The molecule has 0 saturated carbocycles. The molecular weight excluding hydrogens is 247 g/mol. The summed E-state index contributed by atoms with van der Waals surface area (Å²) in [6.07, 6.45) is 0.886. The van der Waals surface area contributed by atoms with E-state index in [0.29, 0.717) is 5.56 Å². The van der Waals surface area contributed by atoms with Gasteiger partial charge in [-0.25, -0.2) is 9.37 Å². The second-order valence-electron chi connectivity index (χ2n) is 4.33. The molecule has 18 heavy (non-hydrogen) atoms. The minimum atomic E-state index is -0.150. The molecule has 1 aromatic heterocycles. The summed E-state index contributed by atoms with van der Waals surface area (Å²) in [4.78, 5) is 4.40. The van der Waals surface area contributed by atoms with E-state index >= 15 is 0 Å². The van der Waals surface area contributed by atoms with Gasteiger partial charge in [0, 0.05) is 35.6 Å². The highest BCUT2D eigenvalue weighted by Gasteiger charge is 2.09. The van der Waals surface area contributed by atoms with Gasteiger partial charge in [0.05, 0.1) is 5.01 Å². The van der Waals surface area contributed by atoms with Crippen molar-refractivity contribution >= 4 is 11.3 Å². The van der Waals surface area contributed by atoms with Gasteiger partial charge in [0.25, 0.3) is 0 Å². The topological polar surface area (TPSA) is 24.9 Å². The number of nitrogens with one attached hydrogen (secondary N) is 1. The molecule has 0 amide bonds. The molecule has 1 unspecified atom stereocenters. The first kappa shape index (κ1) is 13.2. The first-order valence-corrected chi connectivity index (χ1v) is 6.93. The van der Waals surface area contributed by atoms with Crippen molar-refractivity contribution < 1.29 is 4.39 Å². The van der Waals surface area contributed by atoms with E-state index < -0.39 is 0 Å². The Kier molecular flexibility index (Phi) is 4.44. The summed E-state index contributed by atoms with van der Waals surface area (Å²) in [5, 5.41) is 6.50. The van der Waals surface area contributed by atoms with Gasteiger partial charge in [-0.15, -0.1) is 11.3 Å². The maximum absolute atomic E-state index is 13.5. The summed E-state index contributed by atoms with van der Waals surface area (Å²) in [6, 6.07) is 6.91. The van der Waals surface area contributed by atoms with E-state index in [0.717, 1.165) is 23.7 Å². The molecule has 0 aliphatic carbocycles. The minimum absolute atomic E-state index is 0.0206. The highest BCUT2D eigenvalue weighted by atomic mass is 32.1. The molecule has 0 spiro atoms. The molecule has 2 aromatic rings. The van der Waals surface area contributed by atoms with Crippen LogP contribution in [0.5, 0.6) is 0 Å². The van der Waals surface area contributed by atoms with Gasteiger partial charge >= 0.3 is 0 Å². The fourth-order valence-electron chi connectivity index (χ4n) is 1.85. The predicted molar refractivity (Wildman–Crippen MR) is 73.4 cm³/mol. The third-order valence-corrected chi connectivity index (χ3v) is 3.85. The van der Waals surface area contributed by atoms with Crippen LogP contribution < -0.4 is 5.32 Å². The number of halogens is 1. The lowest BCUT2D eigenvalue weighted by molar-refractivity contribution is 0.530. The molecule has 0 aliphatic rings. The monoisotopic (exact) mass is 264 g/mol. The highest BCUT2D eigenvalue weighted by Crippen LogP contribution is 2.16. The van der Waals surface area contributed by atoms with Crippen LogP contribution in [0.4, 0.5) is 4.39 Å². The zero-order chi connectivity index (χ0) is 13.0. The van der Waals surface area contributed by atoms with Gasteiger partial charge in [-0.2, -0.15) is 0 Å². The highest BCUT2D eigenvalue weighted by molar-refractivity contribution is 7.09. The Morgan fingerprint density at radius 3 is 2.83 bits per heavy atom. The average molecular weight is 264 g/mol. The van der Waals surface area contributed by atoms with Gasteiger partial charge in [0.2, 0.25) is 0 Å². The number of thiazole rings is 1. The number of benzene rings is 1. The first-order valence-electron chi connectivity index (χ1n) is 6.05. The predicted octanol–water partition coefficient (Wildman–Crippen LogP) is 3.48. The van der Waals surface area contributed by atoms with Gasteiger partial charge < -0.3 is 5.32 Å². The Bertz CT molecular complexity index is 510. The van der Waals surface area contributed by atoms with Crippen LogP contribution in [0.25, 0.3) is 0 Å². The van der Waals surface area contributed by atoms with Crippen molar-refractivity contribution in [2.24, 2.45) is 0 Å². The first-order chi connectivity index (χ1) is 8.66. The van der Waals surface area contributed by atoms with Crippen LogP contribution in [0.15, 0.2) is 29.6 Å². The molecule has 2 nitrogen and oxygen atoms in total. The third kappa shape index (κ3) is 3.37. The van der Waals surface area contributed by atoms with Gasteiger partial charge in [-0.05, 0) is 19.9 Å². The van der Waals surface area contributed by atoms with E-state index in [-0.39, 0.29) is 11.9 Å². The van der Waals surface area contributed by atoms with Crippen LogP contribution >= 0.6 is 11.3 Å². The second kappa shape index (κ2) is 6.07. The van der Waals surface area contributed by atoms with E-state index in [1.807, 2.05) is 26.0 Å². The lowest BCUT2D eigenvalue weighted by atomic mass is 10.1. The smallest absolute Gasteiger partial charge is 0.127 e. The van der Waals surface area contributed by atoms with Crippen LogP contribution in [-0.4, -0.2) is 11.5 Å². The van der Waals surface area contributed by atoms with Crippen molar-refractivity contribution in [1.82, 2.24) is 10.3 Å². The maximum Gasteiger partial charge on any atom is 0.127 e. The Balaban J connectivity index is 1.85. The number of aryl methyl sites for hydroxylation is 1. The molecule has 96 valence electrons. The van der Waals surface area contributed by atoms with Crippen molar-refractivity contribution in [3.8, 4) is 0 Å². The SMILES string of the molecule is Cc1csc(CCNC(C)c2ccccc2F)n1. The summed E-state index contributed by atoms with van der Waals surface area (Å²) < 4.78 is 13.5. The molecule has 1 N–H and O–H groups in total. The molecule has 0 aliphatic heterocycles. The van der Waals surface area contributed by atoms with E-state index in [9.17, 15) is 4.39 Å². The molecule has 0 saturated heterocycles. The Hall–Kier alpha value is -1.26. The minimum Gasteiger partial charge on any atom is -0.310 e. The molecular formula is C14H17FN2S.